The summed E-state index contributed by atoms with van der Waals surface area (Å²) in [6.07, 6.45) is 0. The summed E-state index contributed by atoms with van der Waals surface area (Å²) in [5.74, 6) is -0.540. The van der Waals surface area contributed by atoms with Gasteiger partial charge in [-0.1, -0.05) is 40.2 Å². The Morgan fingerprint density at radius 1 is 0.615 bits per heavy atom. The predicted molar refractivity (Wildman–Crippen MR) is 107 cm³/mol. The van der Waals surface area contributed by atoms with Crippen LogP contribution in [0.4, 0.5) is 5.69 Å². The van der Waals surface area contributed by atoms with Gasteiger partial charge in [-0.3, -0.25) is 9.59 Å². The summed E-state index contributed by atoms with van der Waals surface area (Å²) >= 11 is 3.50. The Labute approximate surface area is 158 Å². The Morgan fingerprint density at radius 3 is 1.88 bits per heavy atom. The summed E-state index contributed by atoms with van der Waals surface area (Å²) in [5.41, 5.74) is 1.51. The normalized spacial score (nSPS) is 13.7. The molecule has 124 valence electrons. The van der Waals surface area contributed by atoms with E-state index in [0.29, 0.717) is 16.8 Å². The summed E-state index contributed by atoms with van der Waals surface area (Å²) < 4.78 is 1.01. The standard InChI is InChI=1S/C22H12BrNO2/c23-17-7-5-13-9-14-6-8-18(12-16(14)10-15(13)11-17)24-21(25)19-3-1-2-4-20(19)22(24)26/h1-12H. The minimum Gasteiger partial charge on any atom is -0.268 e. The van der Waals surface area contributed by atoms with Gasteiger partial charge in [-0.15, -0.1) is 0 Å². The number of nitrogens with zero attached hydrogens (tertiary/aromatic N) is 1. The molecule has 0 bridgehead atoms. The highest BCUT2D eigenvalue weighted by Crippen LogP contribution is 2.32. The number of carbonyl (C=O) groups excluding carboxylic acids is 2. The molecule has 0 aliphatic carbocycles. The zero-order valence-corrected chi connectivity index (χ0v) is 15.2. The highest BCUT2D eigenvalue weighted by molar-refractivity contribution is 9.10. The van der Waals surface area contributed by atoms with Crippen molar-refractivity contribution < 1.29 is 9.59 Å². The molecule has 4 aromatic carbocycles. The third-order valence-electron chi connectivity index (χ3n) is 4.79. The number of benzene rings is 4. The maximum Gasteiger partial charge on any atom is 0.266 e. The number of hydrogen-bond donors (Lipinski definition) is 0. The molecule has 0 atom stereocenters. The molecule has 0 unspecified atom stereocenters. The fourth-order valence-electron chi connectivity index (χ4n) is 3.52. The molecule has 2 amide bonds. The van der Waals surface area contributed by atoms with Crippen molar-refractivity contribution in [1.82, 2.24) is 0 Å². The topological polar surface area (TPSA) is 37.4 Å². The van der Waals surface area contributed by atoms with E-state index in [-0.39, 0.29) is 11.8 Å². The maximum absolute atomic E-state index is 12.7. The van der Waals surface area contributed by atoms with Crippen molar-refractivity contribution in [3.8, 4) is 0 Å². The van der Waals surface area contributed by atoms with Crippen LogP contribution in [0.2, 0.25) is 0 Å². The van der Waals surface area contributed by atoms with E-state index in [1.54, 1.807) is 24.3 Å². The molecule has 0 aromatic heterocycles. The lowest BCUT2D eigenvalue weighted by atomic mass is 10.0. The van der Waals surface area contributed by atoms with Gasteiger partial charge in [0.25, 0.3) is 11.8 Å². The molecule has 4 aromatic rings. The van der Waals surface area contributed by atoms with Crippen LogP contribution in [0.25, 0.3) is 21.5 Å². The molecule has 3 nitrogen and oxygen atoms in total. The van der Waals surface area contributed by atoms with Gasteiger partial charge in [-0.2, -0.15) is 0 Å². The van der Waals surface area contributed by atoms with E-state index in [1.807, 2.05) is 24.3 Å². The predicted octanol–water partition coefficient (Wildman–Crippen LogP) is 5.56. The SMILES string of the molecule is O=C1c2ccccc2C(=O)N1c1ccc2cc3ccc(Br)cc3cc2c1. The largest absolute Gasteiger partial charge is 0.268 e. The number of rotatable bonds is 1. The van der Waals surface area contributed by atoms with E-state index >= 15 is 0 Å². The van der Waals surface area contributed by atoms with E-state index < -0.39 is 0 Å². The Hall–Kier alpha value is -2.98. The molecule has 26 heavy (non-hydrogen) atoms. The van der Waals surface area contributed by atoms with Crippen molar-refractivity contribution in [3.05, 3.63) is 88.4 Å². The van der Waals surface area contributed by atoms with Gasteiger partial charge in [0.05, 0.1) is 16.8 Å². The number of fused-ring (bicyclic) bond motifs is 3. The van der Waals surface area contributed by atoms with Crippen LogP contribution >= 0.6 is 15.9 Å². The zero-order chi connectivity index (χ0) is 17.8. The average molecular weight is 402 g/mol. The highest BCUT2D eigenvalue weighted by Gasteiger charge is 2.36. The molecule has 5 rings (SSSR count). The van der Waals surface area contributed by atoms with Gasteiger partial charge < -0.3 is 0 Å². The van der Waals surface area contributed by atoms with Crippen LogP contribution in [-0.2, 0) is 0 Å². The molecule has 0 N–H and O–H groups in total. The second-order valence-corrected chi connectivity index (χ2v) is 7.28. The van der Waals surface area contributed by atoms with Gasteiger partial charge >= 0.3 is 0 Å². The molecule has 1 heterocycles. The molecule has 0 radical (unpaired) electrons. The van der Waals surface area contributed by atoms with Gasteiger partial charge in [0.1, 0.15) is 0 Å². The van der Waals surface area contributed by atoms with Crippen molar-refractivity contribution in [2.75, 3.05) is 4.90 Å². The van der Waals surface area contributed by atoms with E-state index in [2.05, 4.69) is 40.2 Å². The quantitative estimate of drug-likeness (QED) is 0.309. The zero-order valence-electron chi connectivity index (χ0n) is 13.6. The van der Waals surface area contributed by atoms with E-state index in [1.165, 1.54) is 4.90 Å². The number of amides is 2. The Balaban J connectivity index is 1.67. The molecule has 0 saturated heterocycles. The van der Waals surface area contributed by atoms with Gasteiger partial charge in [-0.25, -0.2) is 4.90 Å². The maximum atomic E-state index is 12.7. The van der Waals surface area contributed by atoms with Crippen LogP contribution in [0.3, 0.4) is 0 Å². The fourth-order valence-corrected chi connectivity index (χ4v) is 3.90. The minimum atomic E-state index is -0.270. The van der Waals surface area contributed by atoms with Gasteiger partial charge in [0.2, 0.25) is 0 Å². The summed E-state index contributed by atoms with van der Waals surface area (Å²) in [6.45, 7) is 0. The first-order valence-electron chi connectivity index (χ1n) is 8.23. The van der Waals surface area contributed by atoms with E-state index in [4.69, 9.17) is 0 Å². The summed E-state index contributed by atoms with van der Waals surface area (Å²) in [4.78, 5) is 26.7. The summed E-state index contributed by atoms with van der Waals surface area (Å²) in [6, 6.07) is 23.0. The average Bonchev–Trinajstić information content (AvgIpc) is 2.91. The molecule has 4 heteroatoms. The Kier molecular flexibility index (Phi) is 3.24. The molecule has 0 saturated carbocycles. The molecule has 1 aliphatic heterocycles. The number of hydrogen-bond acceptors (Lipinski definition) is 2. The van der Waals surface area contributed by atoms with Crippen LogP contribution < -0.4 is 4.90 Å². The number of carbonyl (C=O) groups is 2. The monoisotopic (exact) mass is 401 g/mol. The van der Waals surface area contributed by atoms with Crippen molar-refractivity contribution in [1.29, 1.82) is 0 Å². The third kappa shape index (κ3) is 2.19. The van der Waals surface area contributed by atoms with Crippen molar-refractivity contribution in [2.45, 2.75) is 0 Å². The Morgan fingerprint density at radius 2 is 1.19 bits per heavy atom. The molecular weight excluding hydrogens is 390 g/mol. The third-order valence-corrected chi connectivity index (χ3v) is 5.29. The minimum absolute atomic E-state index is 0.270. The molecular formula is C22H12BrNO2. The lowest BCUT2D eigenvalue weighted by molar-refractivity contribution is 0.0926. The second-order valence-electron chi connectivity index (χ2n) is 6.37. The van der Waals surface area contributed by atoms with Crippen LogP contribution in [0.15, 0.2) is 77.3 Å². The van der Waals surface area contributed by atoms with Gasteiger partial charge in [0, 0.05) is 4.47 Å². The fraction of sp³-hybridized carbons (Fsp3) is 0. The molecule has 0 spiro atoms. The van der Waals surface area contributed by atoms with E-state index in [9.17, 15) is 9.59 Å². The van der Waals surface area contributed by atoms with Crippen LogP contribution in [0, 0.1) is 0 Å². The van der Waals surface area contributed by atoms with Crippen LogP contribution in [0.1, 0.15) is 20.7 Å². The highest BCUT2D eigenvalue weighted by atomic mass is 79.9. The molecule has 1 aliphatic rings. The second kappa shape index (κ2) is 5.51. The molecule has 0 fully saturated rings. The number of anilines is 1. The van der Waals surface area contributed by atoms with Gasteiger partial charge in [-0.05, 0) is 70.1 Å². The van der Waals surface area contributed by atoms with E-state index in [0.717, 1.165) is 26.0 Å². The smallest absolute Gasteiger partial charge is 0.266 e. The van der Waals surface area contributed by atoms with Crippen LogP contribution in [-0.4, -0.2) is 11.8 Å². The first-order valence-corrected chi connectivity index (χ1v) is 9.02. The van der Waals surface area contributed by atoms with Gasteiger partial charge in [0.15, 0.2) is 0 Å². The summed E-state index contributed by atoms with van der Waals surface area (Å²) in [7, 11) is 0. The van der Waals surface area contributed by atoms with Crippen molar-refractivity contribution in [3.63, 3.8) is 0 Å². The number of imide groups is 1. The number of halogens is 1. The summed E-state index contributed by atoms with van der Waals surface area (Å²) in [5, 5.41) is 4.31. The first kappa shape index (κ1) is 15.3. The first-order chi connectivity index (χ1) is 12.6. The van der Waals surface area contributed by atoms with Crippen molar-refractivity contribution >= 4 is 55.0 Å². The Bertz CT molecular complexity index is 1210. The van der Waals surface area contributed by atoms with Crippen LogP contribution in [0.5, 0.6) is 0 Å². The van der Waals surface area contributed by atoms with Crippen molar-refractivity contribution in [2.24, 2.45) is 0 Å². The lowest BCUT2D eigenvalue weighted by Gasteiger charge is -2.15. The lowest BCUT2D eigenvalue weighted by Crippen LogP contribution is -2.29.